The number of sulfone groups is 1. The van der Waals surface area contributed by atoms with Crippen LogP contribution in [0.15, 0.2) is 35.2 Å². The molecule has 0 aliphatic carbocycles. The lowest BCUT2D eigenvalue weighted by atomic mass is 9.94. The molecule has 0 bridgehead atoms. The van der Waals surface area contributed by atoms with E-state index in [2.05, 4.69) is 10.2 Å². The minimum Gasteiger partial charge on any atom is -0.493 e. The molecule has 0 spiro atoms. The normalized spacial score (nSPS) is 18.2. The third-order valence-corrected chi connectivity index (χ3v) is 9.36. The molecule has 0 aromatic heterocycles. The Balaban J connectivity index is 0.00000306. The van der Waals surface area contributed by atoms with Crippen LogP contribution in [0, 0.1) is 5.92 Å². The van der Waals surface area contributed by atoms with E-state index in [1.165, 1.54) is 6.07 Å². The number of nitrogens with zero attached hydrogens (tertiary/aromatic N) is 1. The number of halogens is 3. The van der Waals surface area contributed by atoms with E-state index in [1.54, 1.807) is 26.4 Å². The van der Waals surface area contributed by atoms with Crippen molar-refractivity contribution < 1.29 is 17.9 Å². The zero-order chi connectivity index (χ0) is 22.9. The van der Waals surface area contributed by atoms with E-state index in [9.17, 15) is 8.42 Å². The molecular weight excluding hydrogens is 507 g/mol. The van der Waals surface area contributed by atoms with Gasteiger partial charge in [-0.25, -0.2) is 8.42 Å². The van der Waals surface area contributed by atoms with Crippen molar-refractivity contribution >= 4 is 45.4 Å². The van der Waals surface area contributed by atoms with Gasteiger partial charge in [0.1, 0.15) is 5.37 Å². The summed E-state index contributed by atoms with van der Waals surface area (Å²) in [5, 5.41) is 3.22. The Morgan fingerprint density at radius 3 is 2.30 bits per heavy atom. The van der Waals surface area contributed by atoms with Gasteiger partial charge in [0.05, 0.1) is 24.1 Å². The maximum Gasteiger partial charge on any atom is 0.196 e. The van der Waals surface area contributed by atoms with Crippen LogP contribution in [0.5, 0.6) is 11.5 Å². The van der Waals surface area contributed by atoms with E-state index >= 15 is 0 Å². The fraction of sp³-hybridized carbons (Fsp3) is 0.478. The monoisotopic (exact) mass is 534 g/mol. The number of hydrogen-bond donors (Lipinski definition) is 1. The van der Waals surface area contributed by atoms with Crippen LogP contribution in [0.2, 0.25) is 10.0 Å². The molecule has 2 heterocycles. The molecule has 182 valence electrons. The first-order chi connectivity index (χ1) is 15.3. The second-order valence-corrected chi connectivity index (χ2v) is 11.2. The van der Waals surface area contributed by atoms with Gasteiger partial charge in [-0.3, -0.25) is 4.90 Å². The Morgan fingerprint density at radius 2 is 1.67 bits per heavy atom. The fourth-order valence-corrected chi connectivity index (χ4v) is 7.74. The Morgan fingerprint density at radius 1 is 1.03 bits per heavy atom. The fourth-order valence-electron chi connectivity index (χ4n) is 4.82. The molecule has 1 atom stereocenters. The summed E-state index contributed by atoms with van der Waals surface area (Å²) in [5.74, 6) is 1.33. The minimum absolute atomic E-state index is 0. The van der Waals surface area contributed by atoms with Crippen LogP contribution in [0.3, 0.4) is 0 Å². The lowest BCUT2D eigenvalue weighted by molar-refractivity contribution is 0.159. The molecule has 2 aliphatic rings. The summed E-state index contributed by atoms with van der Waals surface area (Å²) >= 11 is 12.5. The number of fused-ring (bicyclic) bond motifs is 1. The Hall–Kier alpha value is -1.22. The molecule has 2 aliphatic heterocycles. The van der Waals surface area contributed by atoms with E-state index in [0.717, 1.165) is 43.5 Å². The van der Waals surface area contributed by atoms with Crippen LogP contribution in [0.4, 0.5) is 0 Å². The summed E-state index contributed by atoms with van der Waals surface area (Å²) in [5.41, 5.74) is 2.21. The predicted octanol–water partition coefficient (Wildman–Crippen LogP) is 4.59. The molecule has 0 amide bonds. The Kier molecular flexibility index (Phi) is 8.81. The summed E-state index contributed by atoms with van der Waals surface area (Å²) in [6.07, 6.45) is 2.31. The second-order valence-electron chi connectivity index (χ2n) is 8.29. The molecule has 0 saturated carbocycles. The highest BCUT2D eigenvalue weighted by Crippen LogP contribution is 2.38. The van der Waals surface area contributed by atoms with E-state index in [4.69, 9.17) is 32.7 Å². The maximum atomic E-state index is 14.0. The number of ether oxygens (including phenoxy) is 2. The van der Waals surface area contributed by atoms with Crippen molar-refractivity contribution in [2.24, 2.45) is 5.92 Å². The average Bonchev–Trinajstić information content (AvgIpc) is 2.80. The van der Waals surface area contributed by atoms with Crippen LogP contribution in [-0.4, -0.2) is 52.5 Å². The quantitative estimate of drug-likeness (QED) is 0.584. The number of piperidine rings is 1. The van der Waals surface area contributed by atoms with Crippen molar-refractivity contribution in [3.63, 3.8) is 0 Å². The second kappa shape index (κ2) is 11.0. The molecule has 4 rings (SSSR count). The van der Waals surface area contributed by atoms with Gasteiger partial charge in [0, 0.05) is 18.1 Å². The molecule has 6 nitrogen and oxygen atoms in total. The summed E-state index contributed by atoms with van der Waals surface area (Å²) in [6.45, 7) is 2.75. The number of benzene rings is 2. The molecule has 33 heavy (non-hydrogen) atoms. The molecule has 2 aromatic carbocycles. The molecule has 2 aromatic rings. The minimum atomic E-state index is -3.76. The van der Waals surface area contributed by atoms with Gasteiger partial charge in [0.2, 0.25) is 0 Å². The third kappa shape index (κ3) is 5.39. The van der Waals surface area contributed by atoms with E-state index in [-0.39, 0.29) is 28.2 Å². The van der Waals surface area contributed by atoms with Gasteiger partial charge in [0.25, 0.3) is 0 Å². The number of methoxy groups -OCH3 is 2. The predicted molar refractivity (Wildman–Crippen MR) is 134 cm³/mol. The summed E-state index contributed by atoms with van der Waals surface area (Å²) < 4.78 is 38.9. The van der Waals surface area contributed by atoms with Crippen molar-refractivity contribution in [1.82, 2.24) is 10.2 Å². The number of hydrogen-bond acceptors (Lipinski definition) is 6. The van der Waals surface area contributed by atoms with Crippen molar-refractivity contribution in [3.05, 3.63) is 51.5 Å². The molecule has 0 radical (unpaired) electrons. The summed E-state index contributed by atoms with van der Waals surface area (Å²) in [6, 6.07) is 8.59. The zero-order valence-corrected chi connectivity index (χ0v) is 21.8. The number of rotatable bonds is 6. The first-order valence-corrected chi connectivity index (χ1v) is 13.0. The molecule has 1 saturated heterocycles. The van der Waals surface area contributed by atoms with Gasteiger partial charge < -0.3 is 14.8 Å². The molecule has 10 heteroatoms. The van der Waals surface area contributed by atoms with Crippen molar-refractivity contribution in [2.45, 2.75) is 36.1 Å². The SMILES string of the molecule is COc1cc2c(cc1OC)CN(C(C1CCNCC1)S(=O)(=O)c1cc(Cl)ccc1Cl)CC2.Cl. The van der Waals surface area contributed by atoms with Crippen LogP contribution >= 0.6 is 35.6 Å². The van der Waals surface area contributed by atoms with Gasteiger partial charge in [-0.1, -0.05) is 23.2 Å². The van der Waals surface area contributed by atoms with E-state index in [0.29, 0.717) is 29.6 Å². The summed E-state index contributed by atoms with van der Waals surface area (Å²) in [4.78, 5) is 2.19. The smallest absolute Gasteiger partial charge is 0.196 e. The van der Waals surface area contributed by atoms with Crippen molar-refractivity contribution in [3.8, 4) is 11.5 Å². The lowest BCUT2D eigenvalue weighted by Gasteiger charge is -2.41. The van der Waals surface area contributed by atoms with Crippen LogP contribution in [-0.2, 0) is 22.8 Å². The van der Waals surface area contributed by atoms with Crippen LogP contribution in [0.25, 0.3) is 0 Å². The van der Waals surface area contributed by atoms with Gasteiger partial charge in [-0.05, 0) is 79.7 Å². The standard InChI is InChI=1S/C23H28Cl2N2O4S.ClH/c1-30-20-11-16-7-10-27(14-17(16)12-21(20)31-2)23(15-5-8-26-9-6-15)32(28,29)22-13-18(24)3-4-19(22)25;/h3-4,11-13,15,23,26H,5-10,14H2,1-2H3;1H. The van der Waals surface area contributed by atoms with Crippen LogP contribution in [0.1, 0.15) is 24.0 Å². The van der Waals surface area contributed by atoms with Crippen LogP contribution < -0.4 is 14.8 Å². The van der Waals surface area contributed by atoms with E-state index in [1.807, 2.05) is 12.1 Å². The van der Waals surface area contributed by atoms with E-state index < -0.39 is 15.2 Å². The van der Waals surface area contributed by atoms with Gasteiger partial charge in [-0.15, -0.1) is 12.4 Å². The van der Waals surface area contributed by atoms with Crippen molar-refractivity contribution in [2.75, 3.05) is 33.9 Å². The highest BCUT2D eigenvalue weighted by atomic mass is 35.5. The molecular formula is C23H29Cl3N2O4S. The summed E-state index contributed by atoms with van der Waals surface area (Å²) in [7, 11) is -0.534. The lowest BCUT2D eigenvalue weighted by Crippen LogP contribution is -2.50. The molecule has 1 fully saturated rings. The first kappa shape index (κ1) is 26.4. The van der Waals surface area contributed by atoms with Gasteiger partial charge in [-0.2, -0.15) is 0 Å². The van der Waals surface area contributed by atoms with Gasteiger partial charge in [0.15, 0.2) is 21.3 Å². The Labute approximate surface area is 211 Å². The highest BCUT2D eigenvalue weighted by molar-refractivity contribution is 7.92. The average molecular weight is 536 g/mol. The maximum absolute atomic E-state index is 14.0. The third-order valence-electron chi connectivity index (χ3n) is 6.41. The number of nitrogens with one attached hydrogen (secondary N) is 1. The first-order valence-electron chi connectivity index (χ1n) is 10.7. The van der Waals surface area contributed by atoms with Gasteiger partial charge >= 0.3 is 0 Å². The molecule has 1 unspecified atom stereocenters. The topological polar surface area (TPSA) is 67.9 Å². The highest BCUT2D eigenvalue weighted by Gasteiger charge is 2.41. The largest absolute Gasteiger partial charge is 0.493 e. The molecule has 1 N–H and O–H groups in total. The zero-order valence-electron chi connectivity index (χ0n) is 18.6. The van der Waals surface area contributed by atoms with Crippen molar-refractivity contribution in [1.29, 1.82) is 0 Å². The Bertz CT molecular complexity index is 1090.